The number of halogens is 1. The van der Waals surface area contributed by atoms with Crippen LogP contribution < -0.4 is 11.1 Å². The van der Waals surface area contributed by atoms with Crippen LogP contribution in [0.5, 0.6) is 0 Å². The van der Waals surface area contributed by atoms with Gasteiger partial charge in [-0.2, -0.15) is 4.31 Å². The van der Waals surface area contributed by atoms with Crippen LogP contribution in [0, 0.1) is 11.8 Å². The van der Waals surface area contributed by atoms with Crippen molar-refractivity contribution in [1.29, 1.82) is 0 Å². The van der Waals surface area contributed by atoms with Crippen molar-refractivity contribution in [3.63, 3.8) is 0 Å². The van der Waals surface area contributed by atoms with Crippen LogP contribution >= 0.6 is 11.6 Å². The van der Waals surface area contributed by atoms with Crippen molar-refractivity contribution in [2.45, 2.75) is 4.90 Å². The summed E-state index contributed by atoms with van der Waals surface area (Å²) < 4.78 is 26.6. The summed E-state index contributed by atoms with van der Waals surface area (Å²) in [7, 11) is -3.60. The SMILES string of the molecule is Nc1ncc(Cl)cc1S(=O)(=O)N1C[C@H]2CNC[C@H]2C1. The van der Waals surface area contributed by atoms with Gasteiger partial charge in [-0.05, 0) is 31.0 Å². The van der Waals surface area contributed by atoms with Gasteiger partial charge in [-0.3, -0.25) is 0 Å². The summed E-state index contributed by atoms with van der Waals surface area (Å²) in [6.07, 6.45) is 1.35. The summed E-state index contributed by atoms with van der Waals surface area (Å²) in [6.45, 7) is 2.82. The zero-order valence-electron chi connectivity index (χ0n) is 10.2. The van der Waals surface area contributed by atoms with E-state index in [2.05, 4.69) is 10.3 Å². The van der Waals surface area contributed by atoms with E-state index in [1.807, 2.05) is 0 Å². The Morgan fingerprint density at radius 2 is 2.00 bits per heavy atom. The number of hydrogen-bond donors (Lipinski definition) is 2. The summed E-state index contributed by atoms with van der Waals surface area (Å²) in [6, 6.07) is 1.37. The lowest BCUT2D eigenvalue weighted by Gasteiger charge is -2.18. The second-order valence-corrected chi connectivity index (χ2v) is 7.38. The number of nitrogens with one attached hydrogen (secondary N) is 1. The van der Waals surface area contributed by atoms with E-state index in [0.29, 0.717) is 24.9 Å². The number of nitrogens with zero attached hydrogens (tertiary/aromatic N) is 2. The first kappa shape index (κ1) is 13.1. The molecule has 3 N–H and O–H groups in total. The average Bonchev–Trinajstić information content (AvgIpc) is 2.92. The molecule has 1 aromatic heterocycles. The fraction of sp³-hybridized carbons (Fsp3) is 0.545. The highest BCUT2D eigenvalue weighted by molar-refractivity contribution is 7.89. The number of aromatic nitrogens is 1. The quantitative estimate of drug-likeness (QED) is 0.812. The van der Waals surface area contributed by atoms with Crippen molar-refractivity contribution in [2.75, 3.05) is 31.9 Å². The maximum atomic E-state index is 12.6. The predicted octanol–water partition coefficient (Wildman–Crippen LogP) is 0.157. The molecule has 0 spiro atoms. The van der Waals surface area contributed by atoms with E-state index in [0.717, 1.165) is 13.1 Å². The molecule has 6 nitrogen and oxygen atoms in total. The first-order valence-corrected chi connectivity index (χ1v) is 7.92. The average molecular weight is 303 g/mol. The van der Waals surface area contributed by atoms with E-state index >= 15 is 0 Å². The number of hydrogen-bond acceptors (Lipinski definition) is 5. The molecule has 0 saturated carbocycles. The number of nitrogen functional groups attached to an aromatic ring is 1. The van der Waals surface area contributed by atoms with Gasteiger partial charge in [0.2, 0.25) is 10.0 Å². The summed E-state index contributed by atoms with van der Waals surface area (Å²) in [5.41, 5.74) is 5.67. The van der Waals surface area contributed by atoms with Crippen molar-refractivity contribution < 1.29 is 8.42 Å². The molecule has 2 aliphatic heterocycles. The van der Waals surface area contributed by atoms with E-state index < -0.39 is 10.0 Å². The van der Waals surface area contributed by atoms with E-state index in [1.54, 1.807) is 0 Å². The van der Waals surface area contributed by atoms with Crippen LogP contribution in [0.2, 0.25) is 5.02 Å². The Morgan fingerprint density at radius 3 is 2.63 bits per heavy atom. The molecule has 0 unspecified atom stereocenters. The number of sulfonamides is 1. The maximum absolute atomic E-state index is 12.6. The third-order valence-corrected chi connectivity index (χ3v) is 5.89. The summed E-state index contributed by atoms with van der Waals surface area (Å²) in [5, 5.41) is 3.55. The van der Waals surface area contributed by atoms with Crippen LogP contribution in [0.4, 0.5) is 5.82 Å². The molecule has 0 aliphatic carbocycles. The number of rotatable bonds is 2. The van der Waals surface area contributed by atoms with Crippen molar-refractivity contribution in [1.82, 2.24) is 14.6 Å². The van der Waals surface area contributed by atoms with Crippen LogP contribution in [0.25, 0.3) is 0 Å². The molecule has 2 aliphatic rings. The molecule has 0 radical (unpaired) electrons. The zero-order valence-corrected chi connectivity index (χ0v) is 11.8. The van der Waals surface area contributed by atoms with Gasteiger partial charge in [0.25, 0.3) is 0 Å². The first-order chi connectivity index (χ1) is 8.98. The third kappa shape index (κ3) is 2.20. The maximum Gasteiger partial charge on any atom is 0.246 e. The Hall–Kier alpha value is -0.890. The highest BCUT2D eigenvalue weighted by atomic mass is 35.5. The van der Waals surface area contributed by atoms with Gasteiger partial charge in [-0.15, -0.1) is 0 Å². The van der Waals surface area contributed by atoms with Crippen LogP contribution in [0.15, 0.2) is 17.2 Å². The van der Waals surface area contributed by atoms with Crippen LogP contribution in [0.1, 0.15) is 0 Å². The Labute approximate surface area is 117 Å². The summed E-state index contributed by atoms with van der Waals surface area (Å²) >= 11 is 5.81. The standard InChI is InChI=1S/C11H15ClN4O2S/c12-9-1-10(11(13)15-4-9)19(17,18)16-5-7-2-14-3-8(7)6-16/h1,4,7-8,14H,2-3,5-6H2,(H2,13,15)/t7-,8+. The fourth-order valence-electron chi connectivity index (χ4n) is 2.79. The Balaban J connectivity index is 1.93. The predicted molar refractivity (Wildman–Crippen MR) is 72.3 cm³/mol. The van der Waals surface area contributed by atoms with Crippen molar-refractivity contribution >= 4 is 27.4 Å². The number of nitrogens with two attached hydrogens (primary N) is 1. The highest BCUT2D eigenvalue weighted by Gasteiger charge is 2.42. The van der Waals surface area contributed by atoms with Crippen LogP contribution in [0.3, 0.4) is 0 Å². The van der Waals surface area contributed by atoms with Crippen molar-refractivity contribution in [3.05, 3.63) is 17.3 Å². The molecule has 8 heteroatoms. The number of pyridine rings is 1. The number of anilines is 1. The van der Waals surface area contributed by atoms with Gasteiger partial charge < -0.3 is 11.1 Å². The largest absolute Gasteiger partial charge is 0.383 e. The smallest absolute Gasteiger partial charge is 0.246 e. The Bertz CT molecular complexity index is 595. The minimum Gasteiger partial charge on any atom is -0.383 e. The van der Waals surface area contributed by atoms with Gasteiger partial charge in [0.05, 0.1) is 5.02 Å². The molecule has 104 valence electrons. The lowest BCUT2D eigenvalue weighted by Crippen LogP contribution is -2.32. The molecule has 3 rings (SSSR count). The molecular weight excluding hydrogens is 288 g/mol. The molecule has 0 aromatic carbocycles. The lowest BCUT2D eigenvalue weighted by molar-refractivity contribution is 0.448. The molecular formula is C11H15ClN4O2S. The van der Waals surface area contributed by atoms with Gasteiger partial charge in [0.15, 0.2) is 0 Å². The molecule has 1 aromatic rings. The Morgan fingerprint density at radius 1 is 1.37 bits per heavy atom. The van der Waals surface area contributed by atoms with Gasteiger partial charge >= 0.3 is 0 Å². The van der Waals surface area contributed by atoms with Crippen LogP contribution in [-0.4, -0.2) is 43.9 Å². The molecule has 2 fully saturated rings. The second-order valence-electron chi connectivity index (χ2n) is 5.04. The molecule has 2 atom stereocenters. The van der Waals surface area contributed by atoms with E-state index in [9.17, 15) is 8.42 Å². The number of fused-ring (bicyclic) bond motifs is 1. The minimum absolute atomic E-state index is 0.000385. The zero-order chi connectivity index (χ0) is 13.6. The molecule has 19 heavy (non-hydrogen) atoms. The van der Waals surface area contributed by atoms with Gasteiger partial charge in [-0.1, -0.05) is 11.6 Å². The topological polar surface area (TPSA) is 88.3 Å². The van der Waals surface area contributed by atoms with Crippen LogP contribution in [-0.2, 0) is 10.0 Å². The van der Waals surface area contributed by atoms with Gasteiger partial charge in [0, 0.05) is 19.3 Å². The monoisotopic (exact) mass is 302 g/mol. The van der Waals surface area contributed by atoms with E-state index in [4.69, 9.17) is 17.3 Å². The normalized spacial score (nSPS) is 27.6. The fourth-order valence-corrected chi connectivity index (χ4v) is 4.65. The van der Waals surface area contributed by atoms with E-state index in [-0.39, 0.29) is 15.7 Å². The Kier molecular flexibility index (Phi) is 3.17. The minimum atomic E-state index is -3.60. The van der Waals surface area contributed by atoms with Gasteiger partial charge in [0.1, 0.15) is 10.7 Å². The highest BCUT2D eigenvalue weighted by Crippen LogP contribution is 2.32. The molecule has 2 saturated heterocycles. The lowest BCUT2D eigenvalue weighted by atomic mass is 10.0. The van der Waals surface area contributed by atoms with Crippen molar-refractivity contribution in [3.8, 4) is 0 Å². The molecule has 0 amide bonds. The first-order valence-electron chi connectivity index (χ1n) is 6.10. The summed E-state index contributed by atoms with van der Waals surface area (Å²) in [4.78, 5) is 3.82. The van der Waals surface area contributed by atoms with Gasteiger partial charge in [-0.25, -0.2) is 13.4 Å². The van der Waals surface area contributed by atoms with Crippen molar-refractivity contribution in [2.24, 2.45) is 11.8 Å². The third-order valence-electron chi connectivity index (χ3n) is 3.82. The molecule has 3 heterocycles. The second kappa shape index (κ2) is 4.59. The molecule has 0 bridgehead atoms. The van der Waals surface area contributed by atoms with E-state index in [1.165, 1.54) is 16.6 Å². The summed E-state index contributed by atoms with van der Waals surface area (Å²) in [5.74, 6) is 0.783.